The van der Waals surface area contributed by atoms with E-state index < -0.39 is 0 Å². The molecule has 0 saturated carbocycles. The lowest BCUT2D eigenvalue weighted by Crippen LogP contribution is -2.23. The van der Waals surface area contributed by atoms with Crippen LogP contribution in [-0.2, 0) is 20.1 Å². The van der Waals surface area contributed by atoms with E-state index in [1.807, 2.05) is 37.3 Å². The number of pyridine rings is 1. The van der Waals surface area contributed by atoms with Gasteiger partial charge in [0.15, 0.2) is 0 Å². The number of nitrogens with zero attached hydrogens (tertiary/aromatic N) is 5. The Balaban J connectivity index is 1.64. The van der Waals surface area contributed by atoms with Crippen LogP contribution in [0, 0.1) is 5.82 Å². The predicted octanol–water partition coefficient (Wildman–Crippen LogP) is 3.31. The van der Waals surface area contributed by atoms with Crippen LogP contribution < -0.4 is 10.4 Å². The summed E-state index contributed by atoms with van der Waals surface area (Å²) >= 11 is 0. The number of aromatic nitrogens is 5. The summed E-state index contributed by atoms with van der Waals surface area (Å²) < 4.78 is 21.6. The molecule has 8 heteroatoms. The quantitative estimate of drug-likeness (QED) is 0.492. The Hall–Kier alpha value is -3.81. The summed E-state index contributed by atoms with van der Waals surface area (Å²) in [5.41, 5.74) is 3.66. The standard InChI is InChI=1S/C22H20FN5O2/c1-3-15-6-4-8-20(28-22(29)27(2)25-26-28)18(15)14-30-21-9-5-7-19(24-21)16-10-12-17(23)13-11-16/h4-13H,3,14H2,1-2H3. The second-order valence-corrected chi connectivity index (χ2v) is 6.72. The normalized spacial score (nSPS) is 10.9. The minimum absolute atomic E-state index is 0.211. The Morgan fingerprint density at radius 1 is 1.00 bits per heavy atom. The minimum Gasteiger partial charge on any atom is -0.473 e. The average Bonchev–Trinajstić information content (AvgIpc) is 3.11. The lowest BCUT2D eigenvalue weighted by Gasteiger charge is -2.14. The molecule has 0 atom stereocenters. The monoisotopic (exact) mass is 405 g/mol. The number of hydrogen-bond acceptors (Lipinski definition) is 5. The van der Waals surface area contributed by atoms with Gasteiger partial charge in [0, 0.05) is 24.2 Å². The molecule has 4 rings (SSSR count). The van der Waals surface area contributed by atoms with Crippen LogP contribution in [0.25, 0.3) is 16.9 Å². The topological polar surface area (TPSA) is 74.8 Å². The van der Waals surface area contributed by atoms with Gasteiger partial charge >= 0.3 is 5.69 Å². The number of benzene rings is 2. The summed E-state index contributed by atoms with van der Waals surface area (Å²) in [6.07, 6.45) is 0.768. The van der Waals surface area contributed by atoms with Crippen molar-refractivity contribution in [3.63, 3.8) is 0 Å². The first-order chi connectivity index (χ1) is 14.6. The fraction of sp³-hybridized carbons (Fsp3) is 0.182. The van der Waals surface area contributed by atoms with Gasteiger partial charge in [-0.15, -0.1) is 0 Å². The molecular formula is C22H20FN5O2. The fourth-order valence-electron chi connectivity index (χ4n) is 3.20. The van der Waals surface area contributed by atoms with E-state index in [0.29, 0.717) is 17.3 Å². The molecule has 0 amide bonds. The highest BCUT2D eigenvalue weighted by atomic mass is 19.1. The van der Waals surface area contributed by atoms with Gasteiger partial charge in [-0.05, 0) is 58.8 Å². The lowest BCUT2D eigenvalue weighted by molar-refractivity contribution is 0.292. The molecule has 0 aliphatic heterocycles. The summed E-state index contributed by atoms with van der Waals surface area (Å²) in [6, 6.07) is 17.3. The molecule has 0 fully saturated rings. The van der Waals surface area contributed by atoms with Crippen molar-refractivity contribution < 1.29 is 9.13 Å². The summed E-state index contributed by atoms with van der Waals surface area (Å²) in [4.78, 5) is 16.9. The van der Waals surface area contributed by atoms with Crippen LogP contribution in [0.1, 0.15) is 18.1 Å². The van der Waals surface area contributed by atoms with Crippen LogP contribution in [0.4, 0.5) is 4.39 Å². The van der Waals surface area contributed by atoms with Crippen LogP contribution in [-0.4, -0.2) is 24.8 Å². The Bertz CT molecular complexity index is 1230. The highest BCUT2D eigenvalue weighted by molar-refractivity contribution is 5.59. The van der Waals surface area contributed by atoms with Crippen LogP contribution in [0.2, 0.25) is 0 Å². The molecule has 152 valence electrons. The van der Waals surface area contributed by atoms with Crippen molar-refractivity contribution in [3.8, 4) is 22.8 Å². The SMILES string of the molecule is CCc1cccc(-n2nnn(C)c2=O)c1COc1cccc(-c2ccc(F)cc2)n1. The molecule has 2 heterocycles. The third-order valence-corrected chi connectivity index (χ3v) is 4.81. The van der Waals surface area contributed by atoms with Crippen molar-refractivity contribution in [1.82, 2.24) is 24.8 Å². The maximum atomic E-state index is 13.2. The first-order valence-electron chi connectivity index (χ1n) is 9.52. The van der Waals surface area contributed by atoms with Gasteiger partial charge in [-0.2, -0.15) is 9.36 Å². The molecule has 0 unspecified atom stereocenters. The maximum Gasteiger partial charge on any atom is 0.368 e. The number of rotatable bonds is 6. The zero-order valence-corrected chi connectivity index (χ0v) is 16.6. The molecule has 4 aromatic rings. The molecule has 30 heavy (non-hydrogen) atoms. The first-order valence-corrected chi connectivity index (χ1v) is 9.52. The number of tetrazole rings is 1. The van der Waals surface area contributed by atoms with E-state index in [-0.39, 0.29) is 18.1 Å². The molecule has 2 aromatic heterocycles. The van der Waals surface area contributed by atoms with Gasteiger partial charge in [-0.1, -0.05) is 25.1 Å². The summed E-state index contributed by atoms with van der Waals surface area (Å²) in [6.45, 7) is 2.25. The molecule has 0 saturated heterocycles. The largest absolute Gasteiger partial charge is 0.473 e. The maximum absolute atomic E-state index is 13.2. The van der Waals surface area contributed by atoms with Crippen LogP contribution in [0.3, 0.4) is 0 Å². The second kappa shape index (κ2) is 8.28. The van der Waals surface area contributed by atoms with Gasteiger partial charge in [0.25, 0.3) is 0 Å². The van der Waals surface area contributed by atoms with E-state index in [1.165, 1.54) is 21.5 Å². The molecule has 0 aliphatic carbocycles. The molecule has 7 nitrogen and oxygen atoms in total. The summed E-state index contributed by atoms with van der Waals surface area (Å²) in [7, 11) is 1.55. The molecule has 0 bridgehead atoms. The van der Waals surface area contributed by atoms with Gasteiger partial charge in [0.1, 0.15) is 12.4 Å². The smallest absolute Gasteiger partial charge is 0.368 e. The Kier molecular flexibility index (Phi) is 5.38. The van der Waals surface area contributed by atoms with Gasteiger partial charge < -0.3 is 4.74 Å². The van der Waals surface area contributed by atoms with Gasteiger partial charge in [-0.3, -0.25) is 0 Å². The van der Waals surface area contributed by atoms with Crippen molar-refractivity contribution in [2.45, 2.75) is 20.0 Å². The summed E-state index contributed by atoms with van der Waals surface area (Å²) in [5.74, 6) is 0.134. The number of ether oxygens (including phenoxy) is 1. The van der Waals surface area contributed by atoms with Crippen LogP contribution >= 0.6 is 0 Å². The Morgan fingerprint density at radius 2 is 1.77 bits per heavy atom. The van der Waals surface area contributed by atoms with Crippen molar-refractivity contribution in [3.05, 3.63) is 88.1 Å². The van der Waals surface area contributed by atoms with Crippen molar-refractivity contribution in [2.75, 3.05) is 0 Å². The van der Waals surface area contributed by atoms with E-state index >= 15 is 0 Å². The lowest BCUT2D eigenvalue weighted by atomic mass is 10.0. The Labute approximate surface area is 172 Å². The number of hydrogen-bond donors (Lipinski definition) is 0. The van der Waals surface area contributed by atoms with E-state index in [2.05, 4.69) is 15.4 Å². The number of aryl methyl sites for hydroxylation is 2. The third kappa shape index (κ3) is 3.84. The summed E-state index contributed by atoms with van der Waals surface area (Å²) in [5, 5.41) is 7.75. The first kappa shape index (κ1) is 19.5. The zero-order chi connectivity index (χ0) is 21.1. The highest BCUT2D eigenvalue weighted by Gasteiger charge is 2.15. The second-order valence-electron chi connectivity index (χ2n) is 6.72. The highest BCUT2D eigenvalue weighted by Crippen LogP contribution is 2.23. The van der Waals surface area contributed by atoms with Crippen molar-refractivity contribution in [1.29, 1.82) is 0 Å². The van der Waals surface area contributed by atoms with Gasteiger partial charge in [-0.25, -0.2) is 14.2 Å². The Morgan fingerprint density at radius 3 is 2.47 bits per heavy atom. The minimum atomic E-state index is -0.332. The average molecular weight is 405 g/mol. The van der Waals surface area contributed by atoms with E-state index in [1.54, 1.807) is 25.2 Å². The molecule has 0 spiro atoms. The van der Waals surface area contributed by atoms with E-state index in [9.17, 15) is 9.18 Å². The fourth-order valence-corrected chi connectivity index (χ4v) is 3.20. The van der Waals surface area contributed by atoms with Gasteiger partial charge in [0.05, 0.1) is 11.4 Å². The number of halogens is 1. The van der Waals surface area contributed by atoms with E-state index in [4.69, 9.17) is 4.74 Å². The predicted molar refractivity (Wildman–Crippen MR) is 110 cm³/mol. The van der Waals surface area contributed by atoms with E-state index in [0.717, 1.165) is 23.1 Å². The van der Waals surface area contributed by atoms with Crippen LogP contribution in [0.5, 0.6) is 5.88 Å². The van der Waals surface area contributed by atoms with Crippen molar-refractivity contribution in [2.24, 2.45) is 7.05 Å². The van der Waals surface area contributed by atoms with Crippen LogP contribution in [0.15, 0.2) is 65.5 Å². The molecule has 0 N–H and O–H groups in total. The van der Waals surface area contributed by atoms with Gasteiger partial charge in [0.2, 0.25) is 5.88 Å². The molecule has 0 radical (unpaired) electrons. The molecule has 2 aromatic carbocycles. The van der Waals surface area contributed by atoms with Crippen molar-refractivity contribution >= 4 is 0 Å². The molecular weight excluding hydrogens is 385 g/mol. The zero-order valence-electron chi connectivity index (χ0n) is 16.6. The molecule has 0 aliphatic rings. The third-order valence-electron chi connectivity index (χ3n) is 4.81.